The highest BCUT2D eigenvalue weighted by atomic mass is 16.7. The van der Waals surface area contributed by atoms with Gasteiger partial charge in [-0.15, -0.1) is 0 Å². The SMILES string of the molecule is Cc1ccc(CC(=O)N2CCC[C@@]3(CC(C(=O)NCc4cccnc4)=NO3)C2)cc1. The van der Waals surface area contributed by atoms with Crippen molar-refractivity contribution in [2.75, 3.05) is 13.1 Å². The van der Waals surface area contributed by atoms with E-state index in [9.17, 15) is 9.59 Å². The molecule has 3 heterocycles. The second-order valence-electron chi connectivity index (χ2n) is 8.11. The molecule has 0 saturated carbocycles. The number of likely N-dealkylation sites (tertiary alicyclic amines) is 1. The van der Waals surface area contributed by atoms with Gasteiger partial charge in [0.25, 0.3) is 5.91 Å². The van der Waals surface area contributed by atoms with Gasteiger partial charge in [0.2, 0.25) is 5.91 Å². The Bertz CT molecular complexity index is 943. The first kappa shape index (κ1) is 20.1. The van der Waals surface area contributed by atoms with Crippen LogP contribution in [0.25, 0.3) is 0 Å². The van der Waals surface area contributed by atoms with Crippen LogP contribution in [0.15, 0.2) is 53.9 Å². The zero-order valence-corrected chi connectivity index (χ0v) is 17.1. The summed E-state index contributed by atoms with van der Waals surface area (Å²) in [5, 5.41) is 6.93. The Morgan fingerprint density at radius 1 is 1.20 bits per heavy atom. The van der Waals surface area contributed by atoms with Crippen LogP contribution in [0, 0.1) is 6.92 Å². The van der Waals surface area contributed by atoms with Crippen molar-refractivity contribution in [1.29, 1.82) is 0 Å². The maximum atomic E-state index is 12.8. The fourth-order valence-corrected chi connectivity index (χ4v) is 3.95. The highest BCUT2D eigenvalue weighted by molar-refractivity contribution is 6.39. The van der Waals surface area contributed by atoms with Gasteiger partial charge in [0, 0.05) is 31.9 Å². The Morgan fingerprint density at radius 3 is 2.80 bits per heavy atom. The molecule has 0 bridgehead atoms. The van der Waals surface area contributed by atoms with Crippen LogP contribution < -0.4 is 5.32 Å². The van der Waals surface area contributed by atoms with Gasteiger partial charge in [0.15, 0.2) is 5.60 Å². The summed E-state index contributed by atoms with van der Waals surface area (Å²) in [6.45, 7) is 3.58. The van der Waals surface area contributed by atoms with Gasteiger partial charge in [0.1, 0.15) is 5.71 Å². The Morgan fingerprint density at radius 2 is 2.03 bits per heavy atom. The predicted octanol–water partition coefficient (Wildman–Crippen LogP) is 2.39. The summed E-state index contributed by atoms with van der Waals surface area (Å²) in [5.41, 5.74) is 2.89. The zero-order chi connectivity index (χ0) is 21.0. The van der Waals surface area contributed by atoms with Crippen LogP contribution in [-0.4, -0.2) is 46.1 Å². The summed E-state index contributed by atoms with van der Waals surface area (Å²) in [4.78, 5) is 36.9. The molecule has 2 aromatic rings. The number of nitrogens with zero attached hydrogens (tertiary/aromatic N) is 3. The molecule has 7 heteroatoms. The zero-order valence-electron chi connectivity index (χ0n) is 17.1. The Hall–Kier alpha value is -3.22. The number of hydrogen-bond donors (Lipinski definition) is 1. The van der Waals surface area contributed by atoms with E-state index >= 15 is 0 Å². The number of benzene rings is 1. The van der Waals surface area contributed by atoms with Gasteiger partial charge in [0.05, 0.1) is 13.0 Å². The minimum atomic E-state index is -0.595. The monoisotopic (exact) mass is 406 g/mol. The molecule has 7 nitrogen and oxygen atoms in total. The number of nitrogens with one attached hydrogen (secondary N) is 1. The van der Waals surface area contributed by atoms with Crippen molar-refractivity contribution < 1.29 is 14.4 Å². The maximum Gasteiger partial charge on any atom is 0.269 e. The molecule has 1 fully saturated rings. The van der Waals surface area contributed by atoms with Crippen molar-refractivity contribution in [2.45, 2.75) is 44.8 Å². The molecule has 0 radical (unpaired) electrons. The van der Waals surface area contributed by atoms with Gasteiger partial charge in [-0.1, -0.05) is 41.1 Å². The molecule has 4 rings (SSSR count). The lowest BCUT2D eigenvalue weighted by molar-refractivity contribution is -0.139. The Balaban J connectivity index is 1.32. The summed E-state index contributed by atoms with van der Waals surface area (Å²) in [7, 11) is 0. The molecule has 2 aliphatic rings. The Labute approximate surface area is 176 Å². The van der Waals surface area contributed by atoms with E-state index in [1.807, 2.05) is 48.2 Å². The molecule has 156 valence electrons. The fourth-order valence-electron chi connectivity index (χ4n) is 3.95. The van der Waals surface area contributed by atoms with E-state index in [0.717, 1.165) is 24.0 Å². The number of aromatic nitrogens is 1. The average Bonchev–Trinajstić information content (AvgIpc) is 3.17. The topological polar surface area (TPSA) is 83.9 Å². The van der Waals surface area contributed by atoms with E-state index in [-0.39, 0.29) is 11.8 Å². The highest BCUT2D eigenvalue weighted by Gasteiger charge is 2.45. The minimum Gasteiger partial charge on any atom is -0.386 e. The average molecular weight is 406 g/mol. The van der Waals surface area contributed by atoms with E-state index < -0.39 is 5.60 Å². The third-order valence-corrected chi connectivity index (χ3v) is 5.65. The number of pyridine rings is 1. The van der Waals surface area contributed by atoms with E-state index in [2.05, 4.69) is 15.5 Å². The number of rotatable bonds is 5. The van der Waals surface area contributed by atoms with Crippen LogP contribution >= 0.6 is 0 Å². The van der Waals surface area contributed by atoms with Gasteiger partial charge in [-0.2, -0.15) is 0 Å². The van der Waals surface area contributed by atoms with Gasteiger partial charge in [-0.25, -0.2) is 0 Å². The molecule has 0 aliphatic carbocycles. The molecular weight excluding hydrogens is 380 g/mol. The van der Waals surface area contributed by atoms with E-state index in [4.69, 9.17) is 4.84 Å². The third-order valence-electron chi connectivity index (χ3n) is 5.65. The smallest absolute Gasteiger partial charge is 0.269 e. The van der Waals surface area contributed by atoms with Gasteiger partial charge >= 0.3 is 0 Å². The number of oxime groups is 1. The van der Waals surface area contributed by atoms with E-state index in [0.29, 0.717) is 38.2 Å². The molecule has 1 saturated heterocycles. The second kappa shape index (κ2) is 8.65. The van der Waals surface area contributed by atoms with Crippen molar-refractivity contribution in [3.63, 3.8) is 0 Å². The normalized spacial score (nSPS) is 20.6. The lowest BCUT2D eigenvalue weighted by Gasteiger charge is -2.38. The molecule has 1 atom stereocenters. The van der Waals surface area contributed by atoms with E-state index in [1.54, 1.807) is 12.4 Å². The van der Waals surface area contributed by atoms with Crippen molar-refractivity contribution >= 4 is 17.5 Å². The molecule has 0 unspecified atom stereocenters. The highest BCUT2D eigenvalue weighted by Crippen LogP contribution is 2.33. The van der Waals surface area contributed by atoms with Gasteiger partial charge in [-0.05, 0) is 37.0 Å². The molecule has 1 aromatic carbocycles. The van der Waals surface area contributed by atoms with Crippen LogP contribution in [0.2, 0.25) is 0 Å². The van der Waals surface area contributed by atoms with Gasteiger partial charge in [-0.3, -0.25) is 14.6 Å². The van der Waals surface area contributed by atoms with Crippen molar-refractivity contribution in [3.8, 4) is 0 Å². The molecule has 2 amide bonds. The first-order valence-electron chi connectivity index (χ1n) is 10.3. The molecule has 1 N–H and O–H groups in total. The Kier molecular flexibility index (Phi) is 5.79. The minimum absolute atomic E-state index is 0.0796. The van der Waals surface area contributed by atoms with Gasteiger partial charge < -0.3 is 15.1 Å². The number of hydrogen-bond acceptors (Lipinski definition) is 5. The largest absolute Gasteiger partial charge is 0.386 e. The van der Waals surface area contributed by atoms with Crippen LogP contribution in [0.5, 0.6) is 0 Å². The van der Waals surface area contributed by atoms with Crippen molar-refractivity contribution in [1.82, 2.24) is 15.2 Å². The van der Waals surface area contributed by atoms with Crippen LogP contribution in [0.3, 0.4) is 0 Å². The maximum absolute atomic E-state index is 12.8. The number of aryl methyl sites for hydroxylation is 1. The summed E-state index contributed by atoms with van der Waals surface area (Å²) >= 11 is 0. The summed E-state index contributed by atoms with van der Waals surface area (Å²) in [5.74, 6) is -0.158. The summed E-state index contributed by atoms with van der Waals surface area (Å²) in [6.07, 6.45) is 5.81. The first-order chi connectivity index (χ1) is 14.5. The lowest BCUT2D eigenvalue weighted by atomic mass is 9.87. The second-order valence-corrected chi connectivity index (χ2v) is 8.11. The van der Waals surface area contributed by atoms with Crippen molar-refractivity contribution in [3.05, 3.63) is 65.5 Å². The molecule has 1 spiro atoms. The summed E-state index contributed by atoms with van der Waals surface area (Å²) in [6, 6.07) is 11.8. The number of carbonyl (C=O) groups is 2. The predicted molar refractivity (Wildman–Crippen MR) is 113 cm³/mol. The van der Waals surface area contributed by atoms with Crippen molar-refractivity contribution in [2.24, 2.45) is 5.16 Å². The van der Waals surface area contributed by atoms with Crippen LogP contribution in [-0.2, 0) is 27.4 Å². The quantitative estimate of drug-likeness (QED) is 0.826. The molecule has 2 aliphatic heterocycles. The number of amides is 2. The van der Waals surface area contributed by atoms with E-state index in [1.165, 1.54) is 5.56 Å². The lowest BCUT2D eigenvalue weighted by Crippen LogP contribution is -2.51. The summed E-state index contributed by atoms with van der Waals surface area (Å²) < 4.78 is 0. The fraction of sp³-hybridized carbons (Fsp3) is 0.391. The molecule has 1 aromatic heterocycles. The standard InChI is InChI=1S/C23H26N4O3/c1-17-5-7-18(8-6-17)12-21(28)27-11-3-9-23(16-27)13-20(26-30-23)22(29)25-15-19-4-2-10-24-14-19/h2,4-8,10,14H,3,9,11-13,15-16H2,1H3,(H,25,29)/t23-/m1/s1. The van der Waals surface area contributed by atoms with Crippen LogP contribution in [0.4, 0.5) is 0 Å². The number of piperidine rings is 1. The molecule has 30 heavy (non-hydrogen) atoms. The third kappa shape index (κ3) is 4.67. The van der Waals surface area contributed by atoms with Crippen LogP contribution in [0.1, 0.15) is 36.0 Å². The first-order valence-corrected chi connectivity index (χ1v) is 10.3. The molecular formula is C23H26N4O3. The number of carbonyl (C=O) groups excluding carboxylic acids is 2.